The molecule has 0 bridgehead atoms. The lowest BCUT2D eigenvalue weighted by Gasteiger charge is -2.10. The van der Waals surface area contributed by atoms with E-state index in [0.29, 0.717) is 12.4 Å². The summed E-state index contributed by atoms with van der Waals surface area (Å²) in [4.78, 5) is 8.91. The van der Waals surface area contributed by atoms with Gasteiger partial charge in [-0.25, -0.2) is 9.97 Å². The van der Waals surface area contributed by atoms with E-state index in [9.17, 15) is 0 Å². The first-order valence-corrected chi connectivity index (χ1v) is 7.04. The Morgan fingerprint density at radius 3 is 2.70 bits per heavy atom. The number of rotatable bonds is 3. The zero-order chi connectivity index (χ0) is 13.9. The molecule has 1 heterocycles. The topological polar surface area (TPSA) is 63.8 Å². The zero-order valence-electron chi connectivity index (χ0n) is 10.7. The first-order valence-electron chi connectivity index (χ1n) is 6.24. The van der Waals surface area contributed by atoms with Crippen LogP contribution in [-0.4, -0.2) is 9.97 Å². The molecule has 3 aromatic rings. The molecule has 0 saturated heterocycles. The van der Waals surface area contributed by atoms with Crippen LogP contribution in [0.1, 0.15) is 5.82 Å². The van der Waals surface area contributed by atoms with Crippen molar-refractivity contribution in [1.82, 2.24) is 9.97 Å². The smallest absolute Gasteiger partial charge is 0.144 e. The van der Waals surface area contributed by atoms with Crippen LogP contribution in [0.3, 0.4) is 0 Å². The molecule has 3 rings (SSSR count). The minimum atomic E-state index is 0.317. The van der Waals surface area contributed by atoms with Gasteiger partial charge in [0.05, 0.1) is 12.1 Å². The van der Waals surface area contributed by atoms with Crippen LogP contribution in [0, 0.1) is 0 Å². The first kappa shape index (κ1) is 13.0. The van der Waals surface area contributed by atoms with Gasteiger partial charge in [-0.3, -0.25) is 0 Å². The highest BCUT2D eigenvalue weighted by molar-refractivity contribution is 9.10. The fraction of sp³-hybridized carbons (Fsp3) is 0.0667. The number of fused-ring (bicyclic) bond motifs is 1. The van der Waals surface area contributed by atoms with Gasteiger partial charge in [0.15, 0.2) is 0 Å². The third kappa shape index (κ3) is 2.64. The normalized spacial score (nSPS) is 10.7. The molecule has 4 nitrogen and oxygen atoms in total. The fourth-order valence-electron chi connectivity index (χ4n) is 2.01. The van der Waals surface area contributed by atoms with E-state index in [2.05, 4.69) is 31.2 Å². The quantitative estimate of drug-likeness (QED) is 0.771. The van der Waals surface area contributed by atoms with Gasteiger partial charge in [-0.05, 0) is 30.3 Å². The molecule has 2 aromatic carbocycles. The molecule has 5 heteroatoms. The van der Waals surface area contributed by atoms with Crippen molar-refractivity contribution >= 4 is 38.3 Å². The van der Waals surface area contributed by atoms with Crippen molar-refractivity contribution in [1.29, 1.82) is 0 Å². The molecule has 0 fully saturated rings. The molecule has 0 aliphatic heterocycles. The monoisotopic (exact) mass is 328 g/mol. The maximum Gasteiger partial charge on any atom is 0.144 e. The SMILES string of the molecule is NCc1nc(Nc2cccc(Br)c2)c2ccccc2n1. The van der Waals surface area contributed by atoms with Crippen LogP contribution in [0.5, 0.6) is 0 Å². The lowest BCUT2D eigenvalue weighted by molar-refractivity contribution is 0.929. The molecular weight excluding hydrogens is 316 g/mol. The van der Waals surface area contributed by atoms with Crippen LogP contribution < -0.4 is 11.1 Å². The predicted octanol–water partition coefficient (Wildman–Crippen LogP) is 3.59. The molecule has 0 amide bonds. The van der Waals surface area contributed by atoms with Gasteiger partial charge in [0.2, 0.25) is 0 Å². The summed E-state index contributed by atoms with van der Waals surface area (Å²) < 4.78 is 1.01. The van der Waals surface area contributed by atoms with E-state index < -0.39 is 0 Å². The Bertz CT molecular complexity index is 758. The molecule has 0 unspecified atom stereocenters. The van der Waals surface area contributed by atoms with Gasteiger partial charge in [-0.2, -0.15) is 0 Å². The summed E-state index contributed by atoms with van der Waals surface area (Å²) in [6.45, 7) is 0.317. The van der Waals surface area contributed by atoms with Gasteiger partial charge in [-0.15, -0.1) is 0 Å². The van der Waals surface area contributed by atoms with Crippen molar-refractivity contribution in [3.8, 4) is 0 Å². The Morgan fingerprint density at radius 1 is 1.05 bits per heavy atom. The third-order valence-electron chi connectivity index (χ3n) is 2.92. The summed E-state index contributed by atoms with van der Waals surface area (Å²) in [5.74, 6) is 1.40. The van der Waals surface area contributed by atoms with E-state index in [4.69, 9.17) is 5.73 Å². The lowest BCUT2D eigenvalue weighted by Crippen LogP contribution is -2.06. The fourth-order valence-corrected chi connectivity index (χ4v) is 2.41. The van der Waals surface area contributed by atoms with Crippen molar-refractivity contribution < 1.29 is 0 Å². The lowest BCUT2D eigenvalue weighted by atomic mass is 10.2. The van der Waals surface area contributed by atoms with Gasteiger partial charge < -0.3 is 11.1 Å². The molecule has 0 aliphatic carbocycles. The summed E-state index contributed by atoms with van der Waals surface area (Å²) in [5, 5.41) is 4.30. The average molecular weight is 329 g/mol. The van der Waals surface area contributed by atoms with Gasteiger partial charge in [-0.1, -0.05) is 34.1 Å². The number of hydrogen-bond donors (Lipinski definition) is 2. The van der Waals surface area contributed by atoms with Crippen molar-refractivity contribution in [3.05, 3.63) is 58.8 Å². The molecule has 100 valence electrons. The Labute approximate surface area is 125 Å². The summed E-state index contributed by atoms with van der Waals surface area (Å²) >= 11 is 3.46. The van der Waals surface area contributed by atoms with E-state index in [1.54, 1.807) is 0 Å². The van der Waals surface area contributed by atoms with E-state index in [1.807, 2.05) is 48.5 Å². The van der Waals surface area contributed by atoms with E-state index in [1.165, 1.54) is 0 Å². The number of hydrogen-bond acceptors (Lipinski definition) is 4. The summed E-state index contributed by atoms with van der Waals surface area (Å²) in [6.07, 6.45) is 0. The van der Waals surface area contributed by atoms with Gasteiger partial charge in [0.25, 0.3) is 0 Å². The third-order valence-corrected chi connectivity index (χ3v) is 3.41. The number of nitrogens with two attached hydrogens (primary N) is 1. The second-order valence-electron chi connectivity index (χ2n) is 4.35. The van der Waals surface area contributed by atoms with Crippen LogP contribution in [0.15, 0.2) is 53.0 Å². The van der Waals surface area contributed by atoms with E-state index >= 15 is 0 Å². The highest BCUT2D eigenvalue weighted by Gasteiger charge is 2.07. The summed E-state index contributed by atoms with van der Waals surface area (Å²) in [7, 11) is 0. The van der Waals surface area contributed by atoms with Crippen LogP contribution in [0.25, 0.3) is 10.9 Å². The minimum absolute atomic E-state index is 0.317. The van der Waals surface area contributed by atoms with Crippen LogP contribution >= 0.6 is 15.9 Å². The Kier molecular flexibility index (Phi) is 3.62. The highest BCUT2D eigenvalue weighted by atomic mass is 79.9. The standard InChI is InChI=1S/C15H13BrN4/c16-10-4-3-5-11(8-10)18-15-12-6-1-2-7-13(12)19-14(9-17)20-15/h1-8H,9,17H2,(H,18,19,20). The number of halogens is 1. The van der Waals surface area contributed by atoms with Gasteiger partial charge in [0.1, 0.15) is 11.6 Å². The number of para-hydroxylation sites is 1. The number of aromatic nitrogens is 2. The highest BCUT2D eigenvalue weighted by Crippen LogP contribution is 2.25. The number of benzene rings is 2. The van der Waals surface area contributed by atoms with Crippen LogP contribution in [0.4, 0.5) is 11.5 Å². The molecular formula is C15H13BrN4. The number of nitrogens with zero attached hydrogens (tertiary/aromatic N) is 2. The molecule has 0 spiro atoms. The second-order valence-corrected chi connectivity index (χ2v) is 5.26. The molecule has 20 heavy (non-hydrogen) atoms. The van der Waals surface area contributed by atoms with Crippen LogP contribution in [-0.2, 0) is 6.54 Å². The second kappa shape index (κ2) is 5.56. The minimum Gasteiger partial charge on any atom is -0.340 e. The first-order chi connectivity index (χ1) is 9.76. The Balaban J connectivity index is 2.10. The zero-order valence-corrected chi connectivity index (χ0v) is 12.3. The van der Waals surface area contributed by atoms with Crippen molar-refractivity contribution in [2.75, 3.05) is 5.32 Å². The Morgan fingerprint density at radius 2 is 1.90 bits per heavy atom. The molecule has 3 N–H and O–H groups in total. The average Bonchev–Trinajstić information content (AvgIpc) is 2.47. The van der Waals surface area contributed by atoms with E-state index in [0.717, 1.165) is 26.9 Å². The van der Waals surface area contributed by atoms with E-state index in [-0.39, 0.29) is 0 Å². The number of anilines is 2. The van der Waals surface area contributed by atoms with Gasteiger partial charge in [0, 0.05) is 15.5 Å². The summed E-state index contributed by atoms with van der Waals surface area (Å²) in [5.41, 5.74) is 7.52. The molecule has 0 aliphatic rings. The van der Waals surface area contributed by atoms with Crippen molar-refractivity contribution in [3.63, 3.8) is 0 Å². The number of nitrogens with one attached hydrogen (secondary N) is 1. The van der Waals surface area contributed by atoms with Crippen molar-refractivity contribution in [2.24, 2.45) is 5.73 Å². The largest absolute Gasteiger partial charge is 0.340 e. The Hall–Kier alpha value is -1.98. The predicted molar refractivity (Wildman–Crippen MR) is 84.9 cm³/mol. The maximum atomic E-state index is 5.67. The van der Waals surface area contributed by atoms with Crippen molar-refractivity contribution in [2.45, 2.75) is 6.54 Å². The van der Waals surface area contributed by atoms with Crippen LogP contribution in [0.2, 0.25) is 0 Å². The molecule has 0 atom stereocenters. The molecule has 0 radical (unpaired) electrons. The molecule has 1 aromatic heterocycles. The van der Waals surface area contributed by atoms with Gasteiger partial charge >= 0.3 is 0 Å². The molecule has 0 saturated carbocycles. The maximum absolute atomic E-state index is 5.67. The summed E-state index contributed by atoms with van der Waals surface area (Å²) in [6, 6.07) is 15.8.